The molecule has 0 radical (unpaired) electrons. The molecule has 4 heteroatoms. The summed E-state index contributed by atoms with van der Waals surface area (Å²) in [6.07, 6.45) is 8.76. The molecule has 17 heavy (non-hydrogen) atoms. The molecular formula is C13H24N2O2. The molecule has 0 bridgehead atoms. The van der Waals surface area contributed by atoms with E-state index in [0.717, 1.165) is 38.5 Å². The molecule has 98 valence electrons. The molecule has 0 unspecified atom stereocenters. The molecule has 1 aliphatic rings. The Kier molecular flexibility index (Phi) is 6.67. The van der Waals surface area contributed by atoms with E-state index in [0.29, 0.717) is 6.54 Å². The van der Waals surface area contributed by atoms with Crippen molar-refractivity contribution in [2.24, 2.45) is 0 Å². The third-order valence-electron chi connectivity index (χ3n) is 3.21. The molecule has 0 aromatic heterocycles. The number of rotatable bonds is 6. The van der Waals surface area contributed by atoms with Gasteiger partial charge in [0.05, 0.1) is 0 Å². The Balaban J connectivity index is 2.07. The first kappa shape index (κ1) is 14.0. The van der Waals surface area contributed by atoms with Gasteiger partial charge in [0.15, 0.2) is 0 Å². The molecule has 4 nitrogen and oxygen atoms in total. The van der Waals surface area contributed by atoms with Crippen molar-refractivity contribution in [3.8, 4) is 0 Å². The Morgan fingerprint density at radius 2 is 1.76 bits per heavy atom. The summed E-state index contributed by atoms with van der Waals surface area (Å²) in [6, 6.07) is 0.216. The lowest BCUT2D eigenvalue weighted by Gasteiger charge is -2.11. The van der Waals surface area contributed by atoms with Crippen LogP contribution >= 0.6 is 0 Å². The van der Waals surface area contributed by atoms with Gasteiger partial charge in [-0.05, 0) is 19.3 Å². The van der Waals surface area contributed by atoms with Crippen LogP contribution in [0.1, 0.15) is 58.3 Å². The number of amides is 2. The van der Waals surface area contributed by atoms with Gasteiger partial charge in [-0.2, -0.15) is 0 Å². The summed E-state index contributed by atoms with van der Waals surface area (Å²) < 4.78 is 0. The van der Waals surface area contributed by atoms with Gasteiger partial charge in [-0.15, -0.1) is 0 Å². The van der Waals surface area contributed by atoms with Gasteiger partial charge in [0.2, 0.25) is 0 Å². The summed E-state index contributed by atoms with van der Waals surface area (Å²) in [5.41, 5.74) is 0. The highest BCUT2D eigenvalue weighted by atomic mass is 16.2. The second-order valence-corrected chi connectivity index (χ2v) is 4.77. The van der Waals surface area contributed by atoms with Gasteiger partial charge in [0.25, 0.3) is 0 Å². The molecule has 2 amide bonds. The second-order valence-electron chi connectivity index (χ2n) is 4.77. The van der Waals surface area contributed by atoms with Gasteiger partial charge in [0, 0.05) is 12.6 Å². The normalized spacial score (nSPS) is 15.8. The van der Waals surface area contributed by atoms with Crippen LogP contribution in [0, 0.1) is 0 Å². The van der Waals surface area contributed by atoms with E-state index in [4.69, 9.17) is 0 Å². The number of unbranched alkanes of at least 4 members (excludes halogenated alkanes) is 3. The molecule has 1 fully saturated rings. The second kappa shape index (κ2) is 8.09. The maximum absolute atomic E-state index is 11.5. The predicted octanol–water partition coefficient (Wildman–Crippen LogP) is 1.74. The standard InChI is InChI=1S/C13H24N2O2/c1-2-3-4-7-10-14-12(16)13(17)15-11-8-5-6-9-11/h11H,2-10H2,1H3,(H,14,16)(H,15,17). The Bertz CT molecular complexity index is 248. The SMILES string of the molecule is CCCCCCNC(=O)C(=O)NC1CCCC1. The first-order valence-electron chi connectivity index (χ1n) is 6.82. The summed E-state index contributed by atoms with van der Waals surface area (Å²) >= 11 is 0. The zero-order chi connectivity index (χ0) is 12.5. The Morgan fingerprint density at radius 3 is 2.41 bits per heavy atom. The first-order chi connectivity index (χ1) is 8.24. The van der Waals surface area contributed by atoms with Crippen LogP contribution in [0.5, 0.6) is 0 Å². The van der Waals surface area contributed by atoms with E-state index < -0.39 is 11.8 Å². The van der Waals surface area contributed by atoms with Crippen molar-refractivity contribution in [2.75, 3.05) is 6.54 Å². The number of carbonyl (C=O) groups excluding carboxylic acids is 2. The van der Waals surface area contributed by atoms with E-state index in [-0.39, 0.29) is 6.04 Å². The van der Waals surface area contributed by atoms with Crippen LogP contribution < -0.4 is 10.6 Å². The highest BCUT2D eigenvalue weighted by molar-refractivity contribution is 6.35. The van der Waals surface area contributed by atoms with Gasteiger partial charge in [-0.1, -0.05) is 39.0 Å². The molecule has 0 aromatic rings. The van der Waals surface area contributed by atoms with Crippen LogP contribution in [0.15, 0.2) is 0 Å². The molecule has 1 aliphatic carbocycles. The van der Waals surface area contributed by atoms with Crippen molar-refractivity contribution < 1.29 is 9.59 Å². The van der Waals surface area contributed by atoms with Gasteiger partial charge < -0.3 is 10.6 Å². The maximum Gasteiger partial charge on any atom is 0.309 e. The van der Waals surface area contributed by atoms with E-state index in [2.05, 4.69) is 17.6 Å². The zero-order valence-electron chi connectivity index (χ0n) is 10.8. The van der Waals surface area contributed by atoms with E-state index >= 15 is 0 Å². The fourth-order valence-corrected chi connectivity index (χ4v) is 2.16. The highest BCUT2D eigenvalue weighted by Crippen LogP contribution is 2.17. The summed E-state index contributed by atoms with van der Waals surface area (Å²) in [5.74, 6) is -0.944. The van der Waals surface area contributed by atoms with E-state index in [1.54, 1.807) is 0 Å². The smallest absolute Gasteiger partial charge is 0.309 e. The Morgan fingerprint density at radius 1 is 1.06 bits per heavy atom. The van der Waals surface area contributed by atoms with Gasteiger partial charge in [0.1, 0.15) is 0 Å². The number of hydrogen-bond donors (Lipinski definition) is 2. The van der Waals surface area contributed by atoms with E-state index in [1.807, 2.05) is 0 Å². The quantitative estimate of drug-likeness (QED) is 0.549. The summed E-state index contributed by atoms with van der Waals surface area (Å²) in [6.45, 7) is 2.75. The summed E-state index contributed by atoms with van der Waals surface area (Å²) in [7, 11) is 0. The van der Waals surface area contributed by atoms with E-state index in [1.165, 1.54) is 12.8 Å². The van der Waals surface area contributed by atoms with Crippen molar-refractivity contribution in [3.05, 3.63) is 0 Å². The molecule has 0 aliphatic heterocycles. The van der Waals surface area contributed by atoms with Crippen LogP contribution in [-0.4, -0.2) is 24.4 Å². The van der Waals surface area contributed by atoms with Gasteiger partial charge >= 0.3 is 11.8 Å². The number of hydrogen-bond acceptors (Lipinski definition) is 2. The van der Waals surface area contributed by atoms with Crippen LogP contribution in [0.2, 0.25) is 0 Å². The fraction of sp³-hybridized carbons (Fsp3) is 0.846. The monoisotopic (exact) mass is 240 g/mol. The van der Waals surface area contributed by atoms with Crippen LogP contribution in [0.4, 0.5) is 0 Å². The van der Waals surface area contributed by atoms with Gasteiger partial charge in [-0.25, -0.2) is 0 Å². The molecule has 0 aromatic carbocycles. The average molecular weight is 240 g/mol. The largest absolute Gasteiger partial charge is 0.348 e. The molecule has 0 saturated heterocycles. The number of carbonyl (C=O) groups is 2. The van der Waals surface area contributed by atoms with E-state index in [9.17, 15) is 9.59 Å². The van der Waals surface area contributed by atoms with Crippen molar-refractivity contribution in [2.45, 2.75) is 64.3 Å². The Hall–Kier alpha value is -1.06. The molecule has 1 rings (SSSR count). The van der Waals surface area contributed by atoms with Crippen molar-refractivity contribution >= 4 is 11.8 Å². The third kappa shape index (κ3) is 5.71. The Labute approximate surface area is 104 Å². The lowest BCUT2D eigenvalue weighted by Crippen LogP contribution is -2.43. The molecule has 2 N–H and O–H groups in total. The maximum atomic E-state index is 11.5. The molecule has 0 atom stereocenters. The van der Waals surface area contributed by atoms with Crippen LogP contribution in [0.25, 0.3) is 0 Å². The molecular weight excluding hydrogens is 216 g/mol. The zero-order valence-corrected chi connectivity index (χ0v) is 10.8. The minimum absolute atomic E-state index is 0.216. The predicted molar refractivity (Wildman–Crippen MR) is 67.6 cm³/mol. The summed E-state index contributed by atoms with van der Waals surface area (Å²) in [4.78, 5) is 22.9. The van der Waals surface area contributed by atoms with Gasteiger partial charge in [-0.3, -0.25) is 9.59 Å². The average Bonchev–Trinajstić information content (AvgIpc) is 2.81. The lowest BCUT2D eigenvalue weighted by molar-refractivity contribution is -0.139. The minimum Gasteiger partial charge on any atom is -0.348 e. The highest BCUT2D eigenvalue weighted by Gasteiger charge is 2.20. The van der Waals surface area contributed by atoms with Crippen LogP contribution in [0.3, 0.4) is 0 Å². The molecule has 0 spiro atoms. The van der Waals surface area contributed by atoms with Crippen molar-refractivity contribution in [1.29, 1.82) is 0 Å². The molecule has 1 saturated carbocycles. The van der Waals surface area contributed by atoms with Crippen molar-refractivity contribution in [1.82, 2.24) is 10.6 Å². The van der Waals surface area contributed by atoms with Crippen LogP contribution in [-0.2, 0) is 9.59 Å². The minimum atomic E-state index is -0.478. The molecule has 0 heterocycles. The topological polar surface area (TPSA) is 58.2 Å². The summed E-state index contributed by atoms with van der Waals surface area (Å²) in [5, 5.41) is 5.44. The number of nitrogens with one attached hydrogen (secondary N) is 2. The van der Waals surface area contributed by atoms with Crippen molar-refractivity contribution in [3.63, 3.8) is 0 Å². The third-order valence-corrected chi connectivity index (χ3v) is 3.21. The lowest BCUT2D eigenvalue weighted by atomic mass is 10.2. The first-order valence-corrected chi connectivity index (χ1v) is 6.82. The fourth-order valence-electron chi connectivity index (χ4n) is 2.16.